The molecule has 0 fully saturated rings. The summed E-state index contributed by atoms with van der Waals surface area (Å²) in [6.07, 6.45) is 5.20. The van der Waals surface area contributed by atoms with Gasteiger partial charge in [-0.3, -0.25) is 14.8 Å². The van der Waals surface area contributed by atoms with Gasteiger partial charge in [-0.05, 0) is 23.8 Å². The van der Waals surface area contributed by atoms with Gasteiger partial charge in [0, 0.05) is 37.6 Å². The van der Waals surface area contributed by atoms with Crippen LogP contribution in [0.1, 0.15) is 12.5 Å². The molecule has 0 aromatic carbocycles. The summed E-state index contributed by atoms with van der Waals surface area (Å²) in [5.74, 6) is -0.0467. The first-order chi connectivity index (χ1) is 8.27. The van der Waals surface area contributed by atoms with E-state index in [0.29, 0.717) is 6.54 Å². The lowest BCUT2D eigenvalue weighted by Crippen LogP contribution is -2.19. The molecule has 1 amide bonds. The van der Waals surface area contributed by atoms with Crippen molar-refractivity contribution in [2.45, 2.75) is 13.5 Å². The zero-order chi connectivity index (χ0) is 12.1. The predicted octanol–water partition coefficient (Wildman–Crippen LogP) is 1.78. The van der Waals surface area contributed by atoms with Gasteiger partial charge in [-0.1, -0.05) is 6.07 Å². The molecule has 2 rings (SSSR count). The zero-order valence-electron chi connectivity index (χ0n) is 9.55. The lowest BCUT2D eigenvalue weighted by Gasteiger charge is -2.08. The van der Waals surface area contributed by atoms with Crippen molar-refractivity contribution >= 4 is 5.91 Å². The van der Waals surface area contributed by atoms with Gasteiger partial charge >= 0.3 is 0 Å². The van der Waals surface area contributed by atoms with E-state index in [-0.39, 0.29) is 5.91 Å². The molecule has 2 aromatic heterocycles. The van der Waals surface area contributed by atoms with Gasteiger partial charge in [-0.15, -0.1) is 0 Å². The Morgan fingerprint density at radius 3 is 2.71 bits per heavy atom. The molecule has 0 radical (unpaired) electrons. The second-order valence-electron chi connectivity index (χ2n) is 3.66. The molecule has 0 spiro atoms. The maximum absolute atomic E-state index is 10.9. The van der Waals surface area contributed by atoms with Gasteiger partial charge in [-0.25, -0.2) is 0 Å². The SMILES string of the molecule is CC(=O)NCc1cccnc1-c1ccncc1. The van der Waals surface area contributed by atoms with Crippen LogP contribution in [0.25, 0.3) is 11.3 Å². The van der Waals surface area contributed by atoms with E-state index in [0.717, 1.165) is 16.8 Å². The van der Waals surface area contributed by atoms with Crippen LogP contribution in [0, 0.1) is 0 Å². The van der Waals surface area contributed by atoms with Crippen LogP contribution in [0.3, 0.4) is 0 Å². The van der Waals surface area contributed by atoms with Crippen LogP contribution in [-0.4, -0.2) is 15.9 Å². The Kier molecular flexibility index (Phi) is 3.45. The molecule has 4 nitrogen and oxygen atoms in total. The Balaban J connectivity index is 2.31. The van der Waals surface area contributed by atoms with Gasteiger partial charge in [0.15, 0.2) is 0 Å². The van der Waals surface area contributed by atoms with Crippen LogP contribution in [-0.2, 0) is 11.3 Å². The highest BCUT2D eigenvalue weighted by molar-refractivity contribution is 5.73. The number of amides is 1. The second-order valence-corrected chi connectivity index (χ2v) is 3.66. The Labute approximate surface area is 99.7 Å². The molecule has 0 aliphatic carbocycles. The van der Waals surface area contributed by atoms with Gasteiger partial charge in [0.25, 0.3) is 0 Å². The molecule has 0 saturated heterocycles. The molecule has 0 saturated carbocycles. The standard InChI is InChI=1S/C13H13N3O/c1-10(17)16-9-12-3-2-6-15-13(12)11-4-7-14-8-5-11/h2-8H,9H2,1H3,(H,16,17). The molecule has 0 atom stereocenters. The minimum absolute atomic E-state index is 0.0467. The highest BCUT2D eigenvalue weighted by Gasteiger charge is 2.05. The molecule has 4 heteroatoms. The number of aromatic nitrogens is 2. The van der Waals surface area contributed by atoms with E-state index in [9.17, 15) is 4.79 Å². The topological polar surface area (TPSA) is 54.9 Å². The Bertz CT molecular complexity index is 511. The fraction of sp³-hybridized carbons (Fsp3) is 0.154. The highest BCUT2D eigenvalue weighted by atomic mass is 16.1. The average Bonchev–Trinajstić information content (AvgIpc) is 2.38. The molecule has 1 N–H and O–H groups in total. The van der Waals surface area contributed by atoms with Crippen molar-refractivity contribution in [3.8, 4) is 11.3 Å². The fourth-order valence-electron chi connectivity index (χ4n) is 1.57. The highest BCUT2D eigenvalue weighted by Crippen LogP contribution is 2.19. The molecule has 2 aromatic rings. The first-order valence-corrected chi connectivity index (χ1v) is 5.36. The largest absolute Gasteiger partial charge is 0.352 e. The third kappa shape index (κ3) is 2.87. The van der Waals surface area contributed by atoms with E-state index < -0.39 is 0 Å². The molecule has 17 heavy (non-hydrogen) atoms. The number of carbonyl (C=O) groups is 1. The third-order valence-electron chi connectivity index (χ3n) is 2.37. The molecule has 0 aliphatic heterocycles. The van der Waals surface area contributed by atoms with E-state index >= 15 is 0 Å². The molecule has 0 unspecified atom stereocenters. The van der Waals surface area contributed by atoms with Crippen LogP contribution < -0.4 is 5.32 Å². The zero-order valence-corrected chi connectivity index (χ0v) is 9.55. The summed E-state index contributed by atoms with van der Waals surface area (Å²) in [4.78, 5) is 19.2. The summed E-state index contributed by atoms with van der Waals surface area (Å²) in [7, 11) is 0. The number of hydrogen-bond donors (Lipinski definition) is 1. The summed E-state index contributed by atoms with van der Waals surface area (Å²) in [6, 6.07) is 7.62. The molecule has 86 valence electrons. The summed E-state index contributed by atoms with van der Waals surface area (Å²) < 4.78 is 0. The minimum atomic E-state index is -0.0467. The van der Waals surface area contributed by atoms with Crippen LogP contribution in [0.4, 0.5) is 0 Å². The van der Waals surface area contributed by atoms with Crippen LogP contribution in [0.2, 0.25) is 0 Å². The van der Waals surface area contributed by atoms with Crippen molar-refractivity contribution < 1.29 is 4.79 Å². The second kappa shape index (κ2) is 5.21. The molecular weight excluding hydrogens is 214 g/mol. The lowest BCUT2D eigenvalue weighted by molar-refractivity contribution is -0.119. The van der Waals surface area contributed by atoms with E-state index in [4.69, 9.17) is 0 Å². The van der Waals surface area contributed by atoms with Crippen molar-refractivity contribution in [2.24, 2.45) is 0 Å². The maximum atomic E-state index is 10.9. The monoisotopic (exact) mass is 227 g/mol. The molecule has 0 bridgehead atoms. The number of rotatable bonds is 3. The number of pyridine rings is 2. The van der Waals surface area contributed by atoms with Gasteiger partial charge in [0.05, 0.1) is 5.69 Å². The molecule has 0 aliphatic rings. The third-order valence-corrected chi connectivity index (χ3v) is 2.37. The van der Waals surface area contributed by atoms with Crippen molar-refractivity contribution in [1.82, 2.24) is 15.3 Å². The summed E-state index contributed by atoms with van der Waals surface area (Å²) in [5.41, 5.74) is 2.87. The summed E-state index contributed by atoms with van der Waals surface area (Å²) in [5, 5.41) is 2.78. The van der Waals surface area contributed by atoms with Crippen molar-refractivity contribution in [3.05, 3.63) is 48.4 Å². The Morgan fingerprint density at radius 2 is 2.00 bits per heavy atom. The first kappa shape index (κ1) is 11.3. The number of hydrogen-bond acceptors (Lipinski definition) is 3. The van der Waals surface area contributed by atoms with Crippen molar-refractivity contribution in [2.75, 3.05) is 0 Å². The van der Waals surface area contributed by atoms with Gasteiger partial charge < -0.3 is 5.32 Å². The lowest BCUT2D eigenvalue weighted by atomic mass is 10.1. The van der Waals surface area contributed by atoms with Gasteiger partial charge in [0.2, 0.25) is 5.91 Å². The first-order valence-electron chi connectivity index (χ1n) is 5.36. The Hall–Kier alpha value is -2.23. The summed E-state index contributed by atoms with van der Waals surface area (Å²) in [6.45, 7) is 1.99. The quantitative estimate of drug-likeness (QED) is 0.869. The minimum Gasteiger partial charge on any atom is -0.352 e. The number of nitrogens with zero attached hydrogens (tertiary/aromatic N) is 2. The van der Waals surface area contributed by atoms with E-state index in [1.54, 1.807) is 18.6 Å². The van der Waals surface area contributed by atoms with Gasteiger partial charge in [-0.2, -0.15) is 0 Å². The maximum Gasteiger partial charge on any atom is 0.217 e. The van der Waals surface area contributed by atoms with Gasteiger partial charge in [0.1, 0.15) is 0 Å². The average molecular weight is 227 g/mol. The normalized spacial score (nSPS) is 9.94. The van der Waals surface area contributed by atoms with Crippen LogP contribution in [0.5, 0.6) is 0 Å². The molecular formula is C13H13N3O. The van der Waals surface area contributed by atoms with Crippen LogP contribution >= 0.6 is 0 Å². The van der Waals surface area contributed by atoms with Crippen molar-refractivity contribution in [1.29, 1.82) is 0 Å². The van der Waals surface area contributed by atoms with E-state index in [1.165, 1.54) is 6.92 Å². The fourth-order valence-corrected chi connectivity index (χ4v) is 1.57. The summed E-state index contributed by atoms with van der Waals surface area (Å²) >= 11 is 0. The smallest absolute Gasteiger partial charge is 0.217 e. The predicted molar refractivity (Wildman–Crippen MR) is 65.0 cm³/mol. The van der Waals surface area contributed by atoms with Crippen LogP contribution in [0.15, 0.2) is 42.9 Å². The van der Waals surface area contributed by atoms with E-state index in [1.807, 2.05) is 24.3 Å². The Morgan fingerprint density at radius 1 is 1.24 bits per heavy atom. The molecule has 2 heterocycles. The number of carbonyl (C=O) groups excluding carboxylic acids is 1. The number of nitrogens with one attached hydrogen (secondary N) is 1. The van der Waals surface area contributed by atoms with E-state index in [2.05, 4.69) is 15.3 Å². The van der Waals surface area contributed by atoms with Crippen molar-refractivity contribution in [3.63, 3.8) is 0 Å².